The van der Waals surface area contributed by atoms with Crippen LogP contribution in [0, 0.1) is 0 Å². The Labute approximate surface area is 78.9 Å². The number of pyridine rings is 1. The SMILES string of the molecule is [B]Oc1cc(Br)c2ccnn2c1. The lowest BCUT2D eigenvalue weighted by molar-refractivity contribution is 0.607. The zero-order valence-corrected chi connectivity index (χ0v) is 7.65. The standard InChI is InChI=1S/C7H4BBrN2O/c8-12-5-3-6(9)7-1-2-10-11(7)4-5/h1-4H. The van der Waals surface area contributed by atoms with E-state index in [1.165, 1.54) is 0 Å². The Hall–Kier alpha value is -0.965. The molecule has 3 nitrogen and oxygen atoms in total. The maximum absolute atomic E-state index is 5.02. The van der Waals surface area contributed by atoms with E-state index in [-0.39, 0.29) is 0 Å². The van der Waals surface area contributed by atoms with E-state index < -0.39 is 0 Å². The van der Waals surface area contributed by atoms with Crippen LogP contribution in [0.3, 0.4) is 0 Å². The maximum atomic E-state index is 5.02. The Bertz CT molecular complexity index is 415. The number of aromatic nitrogens is 2. The number of rotatable bonds is 1. The molecule has 2 aromatic rings. The normalized spacial score (nSPS) is 10.4. The largest absolute Gasteiger partial charge is 0.567 e. The fourth-order valence-corrected chi connectivity index (χ4v) is 1.57. The zero-order chi connectivity index (χ0) is 8.55. The van der Waals surface area contributed by atoms with Gasteiger partial charge in [0.15, 0.2) is 0 Å². The summed E-state index contributed by atoms with van der Waals surface area (Å²) in [5, 5.41) is 4.04. The number of fused-ring (bicyclic) bond motifs is 1. The van der Waals surface area contributed by atoms with Gasteiger partial charge in [-0.15, -0.1) is 0 Å². The van der Waals surface area contributed by atoms with Crippen molar-refractivity contribution in [2.45, 2.75) is 0 Å². The first-order chi connectivity index (χ1) is 5.81. The fourth-order valence-electron chi connectivity index (χ4n) is 1.03. The van der Waals surface area contributed by atoms with Gasteiger partial charge in [-0.25, -0.2) is 4.52 Å². The van der Waals surface area contributed by atoms with Crippen molar-refractivity contribution in [3.63, 3.8) is 0 Å². The summed E-state index contributed by atoms with van der Waals surface area (Å²) in [4.78, 5) is 0. The lowest BCUT2D eigenvalue weighted by atomic mass is 10.4. The Morgan fingerprint density at radius 1 is 1.58 bits per heavy atom. The van der Waals surface area contributed by atoms with Crippen LogP contribution in [0.4, 0.5) is 0 Å². The van der Waals surface area contributed by atoms with Crippen LogP contribution in [0.25, 0.3) is 5.52 Å². The third-order valence-electron chi connectivity index (χ3n) is 1.57. The molecule has 0 bridgehead atoms. The zero-order valence-electron chi connectivity index (χ0n) is 6.07. The highest BCUT2D eigenvalue weighted by molar-refractivity contribution is 9.10. The highest BCUT2D eigenvalue weighted by Crippen LogP contribution is 2.22. The highest BCUT2D eigenvalue weighted by atomic mass is 79.9. The van der Waals surface area contributed by atoms with Crippen LogP contribution in [0.15, 0.2) is 29.0 Å². The van der Waals surface area contributed by atoms with Crippen molar-refractivity contribution in [2.75, 3.05) is 0 Å². The summed E-state index contributed by atoms with van der Waals surface area (Å²) in [6, 6.07) is 3.68. The lowest BCUT2D eigenvalue weighted by Gasteiger charge is -2.02. The van der Waals surface area contributed by atoms with Crippen LogP contribution in [0.1, 0.15) is 0 Å². The molecule has 2 heterocycles. The molecular formula is C7H4BBrN2O. The summed E-state index contributed by atoms with van der Waals surface area (Å²) in [6.45, 7) is 0. The van der Waals surface area contributed by atoms with Crippen molar-refractivity contribution < 1.29 is 4.65 Å². The topological polar surface area (TPSA) is 26.5 Å². The van der Waals surface area contributed by atoms with Crippen LogP contribution >= 0.6 is 15.9 Å². The molecule has 0 saturated heterocycles. The average Bonchev–Trinajstić information content (AvgIpc) is 2.52. The molecule has 0 aromatic carbocycles. The first-order valence-electron chi connectivity index (χ1n) is 3.31. The maximum Gasteiger partial charge on any atom is 0.374 e. The Morgan fingerprint density at radius 3 is 3.17 bits per heavy atom. The van der Waals surface area contributed by atoms with Crippen molar-refractivity contribution in [2.24, 2.45) is 0 Å². The van der Waals surface area contributed by atoms with Gasteiger partial charge in [0, 0.05) is 4.47 Å². The van der Waals surface area contributed by atoms with Crippen molar-refractivity contribution >= 4 is 29.5 Å². The molecule has 0 atom stereocenters. The van der Waals surface area contributed by atoms with Crippen LogP contribution in [0.5, 0.6) is 5.75 Å². The predicted octanol–water partition coefficient (Wildman–Crippen LogP) is 1.56. The molecule has 5 heteroatoms. The van der Waals surface area contributed by atoms with Gasteiger partial charge in [-0.1, -0.05) is 0 Å². The van der Waals surface area contributed by atoms with E-state index in [9.17, 15) is 0 Å². The molecule has 58 valence electrons. The van der Waals surface area contributed by atoms with Gasteiger partial charge in [-0.3, -0.25) is 0 Å². The first kappa shape index (κ1) is 7.67. The van der Waals surface area contributed by atoms with E-state index in [0.717, 1.165) is 9.99 Å². The average molecular weight is 223 g/mol. The molecule has 2 rings (SSSR count). The van der Waals surface area contributed by atoms with Crippen LogP contribution in [-0.2, 0) is 0 Å². The molecule has 2 aromatic heterocycles. The molecule has 0 aliphatic heterocycles. The van der Waals surface area contributed by atoms with E-state index in [2.05, 4.69) is 25.7 Å². The monoisotopic (exact) mass is 222 g/mol. The fraction of sp³-hybridized carbons (Fsp3) is 0. The summed E-state index contributed by atoms with van der Waals surface area (Å²) in [5.41, 5.74) is 0.982. The first-order valence-corrected chi connectivity index (χ1v) is 4.10. The van der Waals surface area contributed by atoms with E-state index in [4.69, 9.17) is 8.05 Å². The van der Waals surface area contributed by atoms with Gasteiger partial charge in [-0.2, -0.15) is 5.10 Å². The summed E-state index contributed by atoms with van der Waals surface area (Å²) in [7, 11) is 5.02. The van der Waals surface area contributed by atoms with E-state index in [0.29, 0.717) is 5.75 Å². The minimum absolute atomic E-state index is 0.568. The minimum Gasteiger partial charge on any atom is -0.567 e. The summed E-state index contributed by atoms with van der Waals surface area (Å²) in [6.07, 6.45) is 3.42. The minimum atomic E-state index is 0.568. The third-order valence-corrected chi connectivity index (χ3v) is 2.20. The van der Waals surface area contributed by atoms with Crippen LogP contribution in [-0.4, -0.2) is 17.7 Å². The molecule has 12 heavy (non-hydrogen) atoms. The lowest BCUT2D eigenvalue weighted by Crippen LogP contribution is -1.91. The van der Waals surface area contributed by atoms with Crippen molar-refractivity contribution in [3.8, 4) is 5.75 Å². The summed E-state index contributed by atoms with van der Waals surface area (Å²) >= 11 is 3.37. The Kier molecular flexibility index (Phi) is 1.80. The molecule has 0 amide bonds. The second-order valence-electron chi connectivity index (χ2n) is 2.30. The smallest absolute Gasteiger partial charge is 0.374 e. The summed E-state index contributed by atoms with van der Waals surface area (Å²) < 4.78 is 7.17. The second-order valence-corrected chi connectivity index (χ2v) is 3.16. The third kappa shape index (κ3) is 1.10. The Balaban J connectivity index is 2.75. The van der Waals surface area contributed by atoms with E-state index in [1.807, 2.05) is 6.07 Å². The number of hydrogen-bond acceptors (Lipinski definition) is 2. The molecule has 2 radical (unpaired) electrons. The summed E-state index contributed by atoms with van der Waals surface area (Å²) in [5.74, 6) is 0.568. The molecule has 0 aliphatic rings. The molecule has 0 spiro atoms. The van der Waals surface area contributed by atoms with Gasteiger partial charge in [0.2, 0.25) is 0 Å². The van der Waals surface area contributed by atoms with Gasteiger partial charge in [0.1, 0.15) is 5.75 Å². The molecule has 0 N–H and O–H groups in total. The second kappa shape index (κ2) is 2.82. The number of hydrogen-bond donors (Lipinski definition) is 0. The van der Waals surface area contributed by atoms with Crippen molar-refractivity contribution in [1.82, 2.24) is 9.61 Å². The molecular weight excluding hydrogens is 219 g/mol. The van der Waals surface area contributed by atoms with E-state index in [1.54, 1.807) is 23.0 Å². The van der Waals surface area contributed by atoms with Gasteiger partial charge in [0.05, 0.1) is 17.9 Å². The van der Waals surface area contributed by atoms with Gasteiger partial charge < -0.3 is 4.65 Å². The van der Waals surface area contributed by atoms with Crippen LogP contribution < -0.4 is 4.65 Å². The molecule has 0 saturated carbocycles. The molecule has 0 aliphatic carbocycles. The Morgan fingerprint density at radius 2 is 2.42 bits per heavy atom. The highest BCUT2D eigenvalue weighted by Gasteiger charge is 2.01. The van der Waals surface area contributed by atoms with Crippen molar-refractivity contribution in [1.29, 1.82) is 0 Å². The van der Waals surface area contributed by atoms with Gasteiger partial charge >= 0.3 is 8.05 Å². The quantitative estimate of drug-likeness (QED) is 0.685. The predicted molar refractivity (Wildman–Crippen MR) is 49.3 cm³/mol. The number of halogens is 1. The molecule has 0 unspecified atom stereocenters. The number of nitrogens with zero attached hydrogens (tertiary/aromatic N) is 2. The molecule has 0 fully saturated rings. The van der Waals surface area contributed by atoms with Gasteiger partial charge in [0.25, 0.3) is 0 Å². The van der Waals surface area contributed by atoms with Gasteiger partial charge in [-0.05, 0) is 28.1 Å². The van der Waals surface area contributed by atoms with Crippen molar-refractivity contribution in [3.05, 3.63) is 29.0 Å². The van der Waals surface area contributed by atoms with Crippen LogP contribution in [0.2, 0.25) is 0 Å². The van der Waals surface area contributed by atoms with E-state index >= 15 is 0 Å².